The van der Waals surface area contributed by atoms with E-state index in [-0.39, 0.29) is 6.10 Å². The molecule has 2 aliphatic rings. The van der Waals surface area contributed by atoms with Crippen LogP contribution < -0.4 is 10.1 Å². The number of hydrogen-bond acceptors (Lipinski definition) is 3. The van der Waals surface area contributed by atoms with Gasteiger partial charge in [0.2, 0.25) is 0 Å². The van der Waals surface area contributed by atoms with Crippen molar-refractivity contribution in [2.24, 2.45) is 10.9 Å². The van der Waals surface area contributed by atoms with Gasteiger partial charge in [0, 0.05) is 26.2 Å². The minimum Gasteiger partial charge on any atom is -0.489 e. The first-order chi connectivity index (χ1) is 13.1. The molecule has 5 nitrogen and oxygen atoms in total. The summed E-state index contributed by atoms with van der Waals surface area (Å²) in [6.45, 7) is 14.0. The van der Waals surface area contributed by atoms with Crippen LogP contribution in [0.3, 0.4) is 0 Å². The maximum Gasteiger partial charge on any atom is 0.194 e. The minimum absolute atomic E-state index is 0.0596. The van der Waals surface area contributed by atoms with Gasteiger partial charge in [-0.1, -0.05) is 17.7 Å². The van der Waals surface area contributed by atoms with E-state index >= 15 is 0 Å². The second-order valence-electron chi connectivity index (χ2n) is 8.04. The molecule has 2 saturated heterocycles. The monoisotopic (exact) mass is 372 g/mol. The number of aliphatic imine (C=N–C) groups is 1. The zero-order valence-electron chi connectivity index (χ0n) is 17.3. The molecule has 1 aromatic carbocycles. The largest absolute Gasteiger partial charge is 0.489 e. The Morgan fingerprint density at radius 1 is 1.22 bits per heavy atom. The molecule has 0 radical (unpaired) electrons. The number of benzene rings is 1. The van der Waals surface area contributed by atoms with Crippen LogP contribution >= 0.6 is 0 Å². The predicted molar refractivity (Wildman–Crippen MR) is 113 cm³/mol. The summed E-state index contributed by atoms with van der Waals surface area (Å²) >= 11 is 0. The van der Waals surface area contributed by atoms with Crippen molar-refractivity contribution in [3.8, 4) is 5.75 Å². The zero-order chi connectivity index (χ0) is 19.1. The number of likely N-dealkylation sites (tertiary alicyclic amines) is 2. The van der Waals surface area contributed by atoms with Crippen molar-refractivity contribution >= 4 is 5.96 Å². The van der Waals surface area contributed by atoms with Gasteiger partial charge < -0.3 is 19.9 Å². The molecule has 0 amide bonds. The Bertz CT molecular complexity index is 595. The lowest BCUT2D eigenvalue weighted by atomic mass is 10.1. The van der Waals surface area contributed by atoms with Crippen molar-refractivity contribution in [3.05, 3.63) is 29.8 Å². The number of ether oxygens (including phenoxy) is 1. The van der Waals surface area contributed by atoms with Crippen molar-refractivity contribution in [2.45, 2.75) is 46.1 Å². The SMILES string of the molecule is CCNC(=NCC(C)Oc1ccc(C)cc1)N1CCC(CN2CCCC2)C1. The van der Waals surface area contributed by atoms with Crippen LogP contribution in [-0.2, 0) is 0 Å². The third-order valence-corrected chi connectivity index (χ3v) is 5.49. The highest BCUT2D eigenvalue weighted by Crippen LogP contribution is 2.20. The summed E-state index contributed by atoms with van der Waals surface area (Å²) in [5.74, 6) is 2.73. The molecule has 3 rings (SSSR count). The Kier molecular flexibility index (Phi) is 7.39. The highest BCUT2D eigenvalue weighted by Gasteiger charge is 2.27. The van der Waals surface area contributed by atoms with E-state index < -0.39 is 0 Å². The van der Waals surface area contributed by atoms with Gasteiger partial charge in [-0.25, -0.2) is 4.99 Å². The van der Waals surface area contributed by atoms with Gasteiger partial charge in [-0.3, -0.25) is 0 Å². The van der Waals surface area contributed by atoms with Crippen LogP contribution in [0.4, 0.5) is 0 Å². The summed E-state index contributed by atoms with van der Waals surface area (Å²) in [7, 11) is 0. The summed E-state index contributed by atoms with van der Waals surface area (Å²) in [5, 5.41) is 3.47. The average molecular weight is 373 g/mol. The van der Waals surface area contributed by atoms with E-state index in [1.807, 2.05) is 12.1 Å². The highest BCUT2D eigenvalue weighted by molar-refractivity contribution is 5.80. The topological polar surface area (TPSA) is 40.1 Å². The Balaban J connectivity index is 1.50. The molecule has 2 unspecified atom stereocenters. The second-order valence-corrected chi connectivity index (χ2v) is 8.04. The molecular formula is C22H36N4O. The average Bonchev–Trinajstić information content (AvgIpc) is 3.33. The molecule has 0 saturated carbocycles. The number of guanidine groups is 1. The molecule has 1 N–H and O–H groups in total. The van der Waals surface area contributed by atoms with E-state index in [0.29, 0.717) is 6.54 Å². The summed E-state index contributed by atoms with van der Waals surface area (Å²) in [6.07, 6.45) is 4.08. The summed E-state index contributed by atoms with van der Waals surface area (Å²) < 4.78 is 6.01. The molecular weight excluding hydrogens is 336 g/mol. The van der Waals surface area contributed by atoms with Crippen molar-refractivity contribution in [2.75, 3.05) is 45.8 Å². The first-order valence-electron chi connectivity index (χ1n) is 10.6. The molecule has 27 heavy (non-hydrogen) atoms. The zero-order valence-corrected chi connectivity index (χ0v) is 17.3. The first-order valence-corrected chi connectivity index (χ1v) is 10.6. The fourth-order valence-electron chi connectivity index (χ4n) is 4.03. The van der Waals surface area contributed by atoms with Crippen molar-refractivity contribution in [3.63, 3.8) is 0 Å². The summed E-state index contributed by atoms with van der Waals surface area (Å²) in [6, 6.07) is 8.23. The standard InChI is InChI=1S/C22H36N4O/c1-4-23-22(24-15-19(3)27-21-9-7-18(2)8-10-21)26-14-11-20(17-26)16-25-12-5-6-13-25/h7-10,19-20H,4-6,11-17H2,1-3H3,(H,23,24). The van der Waals surface area contributed by atoms with Crippen LogP contribution in [0, 0.1) is 12.8 Å². The summed E-state index contributed by atoms with van der Waals surface area (Å²) in [5.41, 5.74) is 1.25. The molecule has 150 valence electrons. The fourth-order valence-corrected chi connectivity index (χ4v) is 4.03. The lowest BCUT2D eigenvalue weighted by Gasteiger charge is -2.24. The van der Waals surface area contributed by atoms with E-state index in [2.05, 4.69) is 48.0 Å². The van der Waals surface area contributed by atoms with Crippen LogP contribution in [0.1, 0.15) is 38.7 Å². The number of nitrogens with one attached hydrogen (secondary N) is 1. The second kappa shape index (κ2) is 9.98. The molecule has 1 aromatic rings. The van der Waals surface area contributed by atoms with Crippen molar-refractivity contribution in [1.29, 1.82) is 0 Å². The van der Waals surface area contributed by atoms with Gasteiger partial charge in [0.05, 0.1) is 6.54 Å². The number of aryl methyl sites for hydroxylation is 1. The maximum absolute atomic E-state index is 6.01. The molecule has 0 bridgehead atoms. The van der Waals surface area contributed by atoms with Crippen LogP contribution in [0.5, 0.6) is 5.75 Å². The Morgan fingerprint density at radius 2 is 1.96 bits per heavy atom. The predicted octanol–water partition coefficient (Wildman–Crippen LogP) is 3.15. The molecule has 0 spiro atoms. The molecule has 2 aliphatic heterocycles. The molecule has 5 heteroatoms. The van der Waals surface area contributed by atoms with Gasteiger partial charge in [-0.05, 0) is 71.2 Å². The van der Waals surface area contributed by atoms with Gasteiger partial charge in [-0.2, -0.15) is 0 Å². The quantitative estimate of drug-likeness (QED) is 0.590. The van der Waals surface area contributed by atoms with Crippen LogP contribution in [-0.4, -0.2) is 67.7 Å². The maximum atomic E-state index is 6.01. The van der Waals surface area contributed by atoms with E-state index in [4.69, 9.17) is 9.73 Å². The minimum atomic E-state index is 0.0596. The highest BCUT2D eigenvalue weighted by atomic mass is 16.5. The van der Waals surface area contributed by atoms with Gasteiger partial charge in [-0.15, -0.1) is 0 Å². The fraction of sp³-hybridized carbons (Fsp3) is 0.682. The third kappa shape index (κ3) is 6.13. The number of nitrogens with zero attached hydrogens (tertiary/aromatic N) is 3. The third-order valence-electron chi connectivity index (χ3n) is 5.49. The van der Waals surface area contributed by atoms with Crippen molar-refractivity contribution in [1.82, 2.24) is 15.1 Å². The van der Waals surface area contributed by atoms with Gasteiger partial charge >= 0.3 is 0 Å². The van der Waals surface area contributed by atoms with E-state index in [0.717, 1.165) is 37.3 Å². The van der Waals surface area contributed by atoms with E-state index in [1.54, 1.807) is 0 Å². The lowest BCUT2D eigenvalue weighted by Crippen LogP contribution is -2.41. The van der Waals surface area contributed by atoms with Gasteiger partial charge in [0.1, 0.15) is 11.9 Å². The molecule has 2 fully saturated rings. The number of hydrogen-bond donors (Lipinski definition) is 1. The normalized spacial score (nSPS) is 22.3. The molecule has 2 atom stereocenters. The molecule has 0 aliphatic carbocycles. The Hall–Kier alpha value is -1.75. The van der Waals surface area contributed by atoms with E-state index in [9.17, 15) is 0 Å². The van der Waals surface area contributed by atoms with Gasteiger partial charge in [0.25, 0.3) is 0 Å². The number of rotatable bonds is 7. The van der Waals surface area contributed by atoms with Crippen LogP contribution in [0.15, 0.2) is 29.3 Å². The Labute approximate surface area is 164 Å². The Morgan fingerprint density at radius 3 is 2.67 bits per heavy atom. The van der Waals surface area contributed by atoms with Gasteiger partial charge in [0.15, 0.2) is 5.96 Å². The molecule has 0 aromatic heterocycles. The molecule has 2 heterocycles. The first kappa shape index (κ1) is 20.0. The van der Waals surface area contributed by atoms with Crippen LogP contribution in [0.25, 0.3) is 0 Å². The van der Waals surface area contributed by atoms with E-state index in [1.165, 1.54) is 44.5 Å². The lowest BCUT2D eigenvalue weighted by molar-refractivity contribution is 0.229. The summed E-state index contributed by atoms with van der Waals surface area (Å²) in [4.78, 5) is 9.94. The van der Waals surface area contributed by atoms with Crippen LogP contribution in [0.2, 0.25) is 0 Å². The van der Waals surface area contributed by atoms with Crippen molar-refractivity contribution < 1.29 is 4.74 Å². The smallest absolute Gasteiger partial charge is 0.194 e.